The van der Waals surface area contributed by atoms with Gasteiger partial charge < -0.3 is 24.7 Å². The molecule has 0 spiro atoms. The van der Waals surface area contributed by atoms with Gasteiger partial charge in [-0.25, -0.2) is 28.5 Å². The number of imidazole rings is 1. The van der Waals surface area contributed by atoms with Crippen molar-refractivity contribution in [3.05, 3.63) is 53.6 Å². The van der Waals surface area contributed by atoms with Crippen LogP contribution in [-0.2, 0) is 4.74 Å². The first-order valence-corrected chi connectivity index (χ1v) is 11.3. The van der Waals surface area contributed by atoms with E-state index in [4.69, 9.17) is 10.5 Å². The van der Waals surface area contributed by atoms with Crippen LogP contribution in [0.3, 0.4) is 0 Å². The molecule has 0 aliphatic carbocycles. The van der Waals surface area contributed by atoms with Crippen molar-refractivity contribution in [2.75, 3.05) is 24.5 Å². The molecule has 1 amide bonds. The van der Waals surface area contributed by atoms with Gasteiger partial charge in [0.1, 0.15) is 11.4 Å². The largest absolute Gasteiger partial charge is 0.444 e. The zero-order valence-electron chi connectivity index (χ0n) is 20.4. The lowest BCUT2D eigenvalue weighted by Crippen LogP contribution is -2.55. The summed E-state index contributed by atoms with van der Waals surface area (Å²) in [5.74, 6) is -1.49. The zero-order valence-corrected chi connectivity index (χ0v) is 20.4. The van der Waals surface area contributed by atoms with E-state index >= 15 is 0 Å². The number of nitrogens with two attached hydrogens (primary N) is 1. The van der Waals surface area contributed by atoms with Gasteiger partial charge in [0.05, 0.1) is 17.6 Å². The van der Waals surface area contributed by atoms with Crippen LogP contribution in [0.1, 0.15) is 39.0 Å². The van der Waals surface area contributed by atoms with Crippen LogP contribution in [0, 0.1) is 18.6 Å². The molecule has 1 atom stereocenters. The Bertz CT molecular complexity index is 1300. The molecule has 9 nitrogen and oxygen atoms in total. The average Bonchev–Trinajstić information content (AvgIpc) is 3.14. The normalized spacial score (nSPS) is 17.2. The van der Waals surface area contributed by atoms with E-state index in [0.29, 0.717) is 31.0 Å². The highest BCUT2D eigenvalue weighted by atomic mass is 19.1. The molecule has 35 heavy (non-hydrogen) atoms. The number of aromatic nitrogens is 3. The minimum Gasteiger partial charge on any atom is -0.444 e. The van der Waals surface area contributed by atoms with Crippen molar-refractivity contribution in [3.8, 4) is 0 Å². The molecule has 2 N–H and O–H groups in total. The van der Waals surface area contributed by atoms with Crippen molar-refractivity contribution >= 4 is 29.1 Å². The molecule has 3 aromatic rings. The average molecular weight is 486 g/mol. The predicted molar refractivity (Wildman–Crippen MR) is 129 cm³/mol. The Balaban J connectivity index is 1.49. The molecule has 0 bridgehead atoms. The molecule has 1 saturated heterocycles. The van der Waals surface area contributed by atoms with Crippen molar-refractivity contribution in [3.63, 3.8) is 0 Å². The number of hydrogen-bond donors (Lipinski definition) is 1. The van der Waals surface area contributed by atoms with Gasteiger partial charge in [-0.3, -0.25) is 0 Å². The summed E-state index contributed by atoms with van der Waals surface area (Å²) < 4.78 is 36.2. The fraction of sp³-hybridized carbons (Fsp3) is 0.417. The molecule has 0 aromatic carbocycles. The number of rotatable bonds is 3. The third-order valence-electron chi connectivity index (χ3n) is 5.58. The van der Waals surface area contributed by atoms with E-state index in [0.717, 1.165) is 0 Å². The number of fused-ring (bicyclic) bond motifs is 1. The topological polar surface area (TPSA) is 101 Å². The molecule has 4 rings (SSSR count). The second-order valence-electron chi connectivity index (χ2n) is 9.65. The molecule has 0 radical (unpaired) electrons. The summed E-state index contributed by atoms with van der Waals surface area (Å²) in [6, 6.07) is 2.41. The Morgan fingerprint density at radius 2 is 1.94 bits per heavy atom. The van der Waals surface area contributed by atoms with Crippen molar-refractivity contribution < 1.29 is 18.3 Å². The monoisotopic (exact) mass is 485 g/mol. The molecule has 4 heterocycles. The van der Waals surface area contributed by atoms with Crippen LogP contribution < -0.4 is 10.6 Å². The smallest absolute Gasteiger partial charge is 0.410 e. The molecule has 3 aromatic heterocycles. The second-order valence-corrected chi connectivity index (χ2v) is 9.65. The van der Waals surface area contributed by atoms with E-state index in [1.54, 1.807) is 24.2 Å². The number of amidine groups is 1. The van der Waals surface area contributed by atoms with Gasteiger partial charge in [0.15, 0.2) is 23.1 Å². The number of anilines is 1. The Hall–Kier alpha value is -3.76. The molecule has 1 aliphatic rings. The van der Waals surface area contributed by atoms with Crippen LogP contribution in [0.5, 0.6) is 0 Å². The maximum atomic E-state index is 14.9. The SMILES string of the molecule is Cc1cn2cc(C(N)=Nc3ncc(N4CCN(C(=O)OC(C)(C)C)[C@@H](C)C4)cc3F)cc(F)c2n1. The quantitative estimate of drug-likeness (QED) is 0.447. The van der Waals surface area contributed by atoms with Gasteiger partial charge in [-0.05, 0) is 40.7 Å². The number of ether oxygens (including phenoxy) is 1. The maximum Gasteiger partial charge on any atom is 0.410 e. The van der Waals surface area contributed by atoms with Gasteiger partial charge in [0, 0.05) is 49.7 Å². The van der Waals surface area contributed by atoms with E-state index in [9.17, 15) is 13.6 Å². The molecular formula is C24H29F2N7O2. The standard InChI is InChI=1S/C24H29F2N7O2/c1-14-11-32-13-16(8-19(26)22(32)29-14)20(27)30-21-18(25)9-17(10-28-21)31-6-7-33(15(2)12-31)23(34)35-24(3,4)5/h8-11,13,15H,6-7,12H2,1-5H3,(H2,27,28,30)/t15-/m0/s1. The predicted octanol–water partition coefficient (Wildman–Crippen LogP) is 3.80. The fourth-order valence-corrected chi connectivity index (χ4v) is 3.96. The van der Waals surface area contributed by atoms with Crippen molar-refractivity contribution in [1.29, 1.82) is 0 Å². The summed E-state index contributed by atoms with van der Waals surface area (Å²) in [6.07, 6.45) is 4.38. The third-order valence-corrected chi connectivity index (χ3v) is 5.58. The highest BCUT2D eigenvalue weighted by Crippen LogP contribution is 2.25. The number of carbonyl (C=O) groups is 1. The Labute approximate surface area is 202 Å². The first kappa shape index (κ1) is 24.4. The van der Waals surface area contributed by atoms with Gasteiger partial charge >= 0.3 is 6.09 Å². The number of nitrogens with zero attached hydrogens (tertiary/aromatic N) is 6. The molecule has 1 fully saturated rings. The lowest BCUT2D eigenvalue weighted by molar-refractivity contribution is 0.0159. The number of amides is 1. The molecule has 186 valence electrons. The number of carbonyl (C=O) groups excluding carboxylic acids is 1. The van der Waals surface area contributed by atoms with Gasteiger partial charge in [-0.15, -0.1) is 0 Å². The van der Waals surface area contributed by atoms with Crippen molar-refractivity contribution in [1.82, 2.24) is 19.3 Å². The van der Waals surface area contributed by atoms with Crippen LogP contribution in [0.4, 0.5) is 25.1 Å². The number of hydrogen-bond acceptors (Lipinski definition) is 6. The van der Waals surface area contributed by atoms with Crippen LogP contribution >= 0.6 is 0 Å². The molecule has 0 saturated carbocycles. The van der Waals surface area contributed by atoms with E-state index in [1.807, 2.05) is 32.6 Å². The Morgan fingerprint density at radius 3 is 2.60 bits per heavy atom. The van der Waals surface area contributed by atoms with E-state index in [-0.39, 0.29) is 35.0 Å². The van der Waals surface area contributed by atoms with Crippen LogP contribution in [-0.4, -0.2) is 62.5 Å². The minimum atomic E-state index is -0.660. The van der Waals surface area contributed by atoms with Crippen LogP contribution in [0.2, 0.25) is 0 Å². The molecular weight excluding hydrogens is 456 g/mol. The summed E-state index contributed by atoms with van der Waals surface area (Å²) >= 11 is 0. The van der Waals surface area contributed by atoms with Gasteiger partial charge in [-0.2, -0.15) is 0 Å². The number of halogens is 2. The minimum absolute atomic E-state index is 0.0732. The number of pyridine rings is 2. The van der Waals surface area contributed by atoms with Crippen molar-refractivity contribution in [2.24, 2.45) is 10.7 Å². The number of aliphatic imine (C=N–C) groups is 1. The molecule has 11 heteroatoms. The number of piperazine rings is 1. The summed E-state index contributed by atoms with van der Waals surface area (Å²) in [7, 11) is 0. The van der Waals surface area contributed by atoms with E-state index < -0.39 is 17.2 Å². The summed E-state index contributed by atoms with van der Waals surface area (Å²) in [4.78, 5) is 28.4. The van der Waals surface area contributed by atoms with Gasteiger partial charge in [0.2, 0.25) is 0 Å². The lowest BCUT2D eigenvalue weighted by atomic mass is 10.1. The third kappa shape index (κ3) is 5.33. The van der Waals surface area contributed by atoms with Gasteiger partial charge in [-0.1, -0.05) is 0 Å². The fourth-order valence-electron chi connectivity index (χ4n) is 3.96. The maximum absolute atomic E-state index is 14.9. The Morgan fingerprint density at radius 1 is 1.20 bits per heavy atom. The highest BCUT2D eigenvalue weighted by molar-refractivity contribution is 5.98. The van der Waals surface area contributed by atoms with Crippen molar-refractivity contribution in [2.45, 2.75) is 46.3 Å². The summed E-state index contributed by atoms with van der Waals surface area (Å²) in [6.45, 7) is 10.6. The second kappa shape index (κ2) is 9.12. The Kier molecular flexibility index (Phi) is 6.35. The van der Waals surface area contributed by atoms with E-state index in [2.05, 4.69) is 15.0 Å². The first-order valence-electron chi connectivity index (χ1n) is 11.3. The molecule has 1 aliphatic heterocycles. The zero-order chi connectivity index (χ0) is 25.5. The summed E-state index contributed by atoms with van der Waals surface area (Å²) in [5.41, 5.74) is 7.13. The molecule has 0 unspecified atom stereocenters. The first-order chi connectivity index (χ1) is 16.4. The van der Waals surface area contributed by atoms with Gasteiger partial charge in [0.25, 0.3) is 0 Å². The highest BCUT2D eigenvalue weighted by Gasteiger charge is 2.31. The number of aryl methyl sites for hydroxylation is 1. The summed E-state index contributed by atoms with van der Waals surface area (Å²) in [5, 5.41) is 0. The van der Waals surface area contributed by atoms with Crippen LogP contribution in [0.15, 0.2) is 35.7 Å². The lowest BCUT2D eigenvalue weighted by Gasteiger charge is -2.41. The van der Waals surface area contributed by atoms with Crippen LogP contribution in [0.25, 0.3) is 5.65 Å². The van der Waals surface area contributed by atoms with E-state index in [1.165, 1.54) is 22.7 Å².